The summed E-state index contributed by atoms with van der Waals surface area (Å²) in [5.41, 5.74) is 1.12. The fraction of sp³-hybridized carbons (Fsp3) is 0.654. The van der Waals surface area contributed by atoms with E-state index in [-0.39, 0.29) is 29.6 Å². The highest BCUT2D eigenvalue weighted by molar-refractivity contribution is 5.88. The Hall–Kier alpha value is -2.37. The molecule has 2 unspecified atom stereocenters. The third-order valence-electron chi connectivity index (χ3n) is 7.14. The van der Waals surface area contributed by atoms with Crippen molar-refractivity contribution in [3.8, 4) is 0 Å². The van der Waals surface area contributed by atoms with Crippen molar-refractivity contribution < 1.29 is 14.4 Å². The van der Waals surface area contributed by atoms with Crippen molar-refractivity contribution in [3.05, 3.63) is 35.9 Å². The van der Waals surface area contributed by atoms with Gasteiger partial charge in [-0.2, -0.15) is 0 Å². The Morgan fingerprint density at radius 1 is 0.969 bits per heavy atom. The van der Waals surface area contributed by atoms with Crippen LogP contribution in [0.25, 0.3) is 0 Å². The monoisotopic (exact) mass is 441 g/mol. The number of benzene rings is 1. The molecule has 32 heavy (non-hydrogen) atoms. The van der Waals surface area contributed by atoms with E-state index in [4.69, 9.17) is 0 Å². The van der Waals surface area contributed by atoms with Gasteiger partial charge in [0.25, 0.3) is 0 Å². The maximum atomic E-state index is 13.3. The minimum absolute atomic E-state index is 0.0165. The lowest BCUT2D eigenvalue weighted by atomic mass is 9.88. The van der Waals surface area contributed by atoms with Gasteiger partial charge < -0.3 is 15.1 Å². The van der Waals surface area contributed by atoms with Crippen molar-refractivity contribution in [1.82, 2.24) is 15.1 Å². The van der Waals surface area contributed by atoms with Crippen molar-refractivity contribution in [2.75, 3.05) is 26.2 Å². The van der Waals surface area contributed by atoms with E-state index in [1.807, 2.05) is 54.0 Å². The van der Waals surface area contributed by atoms with Gasteiger partial charge in [-0.3, -0.25) is 14.4 Å². The van der Waals surface area contributed by atoms with Crippen LogP contribution >= 0.6 is 0 Å². The number of hydrogen-bond donors (Lipinski definition) is 1. The van der Waals surface area contributed by atoms with E-state index in [9.17, 15) is 14.4 Å². The van der Waals surface area contributed by atoms with E-state index in [2.05, 4.69) is 5.32 Å². The lowest BCUT2D eigenvalue weighted by Gasteiger charge is -2.39. The fourth-order valence-corrected chi connectivity index (χ4v) is 4.78. The second-order valence-electron chi connectivity index (χ2n) is 9.40. The molecule has 3 amide bonds. The maximum Gasteiger partial charge on any atom is 0.245 e. The second-order valence-corrected chi connectivity index (χ2v) is 9.40. The third kappa shape index (κ3) is 6.57. The van der Waals surface area contributed by atoms with Gasteiger partial charge in [-0.05, 0) is 30.7 Å². The zero-order valence-corrected chi connectivity index (χ0v) is 19.7. The second kappa shape index (κ2) is 12.0. The van der Waals surface area contributed by atoms with Gasteiger partial charge in [-0.25, -0.2) is 0 Å². The number of aryl methyl sites for hydroxylation is 1. The van der Waals surface area contributed by atoms with Crippen molar-refractivity contribution in [1.29, 1.82) is 0 Å². The van der Waals surface area contributed by atoms with Gasteiger partial charge in [0.1, 0.15) is 6.04 Å². The molecule has 1 N–H and O–H groups in total. The van der Waals surface area contributed by atoms with Gasteiger partial charge in [0, 0.05) is 38.5 Å². The summed E-state index contributed by atoms with van der Waals surface area (Å²) in [5, 5.41) is 3.01. The van der Waals surface area contributed by atoms with Crippen molar-refractivity contribution >= 4 is 17.7 Å². The van der Waals surface area contributed by atoms with Crippen LogP contribution < -0.4 is 5.32 Å². The standard InChI is InChI=1S/C26H39N3O3/c1-3-20(2)24(27-23(30)15-14-21-10-6-4-7-11-21)26(32)29-18-16-28(17-19-29)25(31)22-12-8-5-9-13-22/h4,6-7,10-11,20,22,24H,3,5,8-9,12-19H2,1-2H3,(H,27,30). The molecule has 1 aliphatic carbocycles. The number of carbonyl (C=O) groups is 3. The van der Waals surface area contributed by atoms with Gasteiger partial charge in [-0.1, -0.05) is 69.9 Å². The summed E-state index contributed by atoms with van der Waals surface area (Å²) in [6, 6.07) is 9.42. The Labute approximate surface area is 192 Å². The smallest absolute Gasteiger partial charge is 0.245 e. The molecule has 1 aliphatic heterocycles. The maximum absolute atomic E-state index is 13.3. The minimum atomic E-state index is -0.510. The number of carbonyl (C=O) groups excluding carboxylic acids is 3. The quantitative estimate of drug-likeness (QED) is 0.672. The molecule has 0 bridgehead atoms. The lowest BCUT2D eigenvalue weighted by molar-refractivity contribution is -0.145. The molecule has 176 valence electrons. The van der Waals surface area contributed by atoms with Gasteiger partial charge in [0.2, 0.25) is 17.7 Å². The molecule has 3 rings (SSSR count). The van der Waals surface area contributed by atoms with E-state index >= 15 is 0 Å². The van der Waals surface area contributed by atoms with Crippen molar-refractivity contribution in [2.45, 2.75) is 71.3 Å². The lowest BCUT2D eigenvalue weighted by Crippen LogP contribution is -2.58. The Bertz CT molecular complexity index is 753. The molecule has 0 radical (unpaired) electrons. The van der Waals surface area contributed by atoms with Crippen LogP contribution in [0.4, 0.5) is 0 Å². The van der Waals surface area contributed by atoms with Gasteiger partial charge in [0.05, 0.1) is 0 Å². The first-order valence-corrected chi connectivity index (χ1v) is 12.4. The molecule has 1 heterocycles. The average molecular weight is 442 g/mol. The van der Waals surface area contributed by atoms with E-state index in [0.717, 1.165) is 37.7 Å². The van der Waals surface area contributed by atoms with Crippen LogP contribution in [-0.4, -0.2) is 59.7 Å². The number of nitrogens with zero attached hydrogens (tertiary/aromatic N) is 2. The largest absolute Gasteiger partial charge is 0.344 e. The summed E-state index contributed by atoms with van der Waals surface area (Å²) in [6.07, 6.45) is 7.39. The summed E-state index contributed by atoms with van der Waals surface area (Å²) >= 11 is 0. The van der Waals surface area contributed by atoms with Crippen LogP contribution in [0.2, 0.25) is 0 Å². The SMILES string of the molecule is CCC(C)C(NC(=O)CCc1ccccc1)C(=O)N1CCN(C(=O)C2CCCCC2)CC1. The summed E-state index contributed by atoms with van der Waals surface area (Å²) in [6.45, 7) is 6.34. The average Bonchev–Trinajstić information content (AvgIpc) is 2.86. The topological polar surface area (TPSA) is 69.7 Å². The molecule has 2 fully saturated rings. The molecule has 1 aromatic rings. The molecule has 1 saturated carbocycles. The molecule has 0 spiro atoms. The van der Waals surface area contributed by atoms with Crippen LogP contribution in [-0.2, 0) is 20.8 Å². The molecule has 2 aliphatic rings. The molecular weight excluding hydrogens is 402 g/mol. The van der Waals surface area contributed by atoms with Crippen molar-refractivity contribution in [2.24, 2.45) is 11.8 Å². The highest BCUT2D eigenvalue weighted by Crippen LogP contribution is 2.26. The molecule has 6 nitrogen and oxygen atoms in total. The van der Waals surface area contributed by atoms with Crippen LogP contribution in [0.15, 0.2) is 30.3 Å². The van der Waals surface area contributed by atoms with Crippen LogP contribution in [0.3, 0.4) is 0 Å². The highest BCUT2D eigenvalue weighted by Gasteiger charge is 2.34. The first-order valence-electron chi connectivity index (χ1n) is 12.4. The number of hydrogen-bond acceptors (Lipinski definition) is 3. The molecule has 0 aromatic heterocycles. The van der Waals surface area contributed by atoms with Crippen LogP contribution in [0.1, 0.15) is 64.4 Å². The zero-order valence-electron chi connectivity index (χ0n) is 19.7. The first-order chi connectivity index (χ1) is 15.5. The summed E-state index contributed by atoms with van der Waals surface area (Å²) in [7, 11) is 0. The fourth-order valence-electron chi connectivity index (χ4n) is 4.78. The predicted molar refractivity (Wildman–Crippen MR) is 126 cm³/mol. The van der Waals surface area contributed by atoms with Crippen LogP contribution in [0, 0.1) is 11.8 Å². The zero-order chi connectivity index (χ0) is 22.9. The number of amides is 3. The Morgan fingerprint density at radius 3 is 2.22 bits per heavy atom. The first kappa shape index (κ1) is 24.3. The van der Waals surface area contributed by atoms with Crippen molar-refractivity contribution in [3.63, 3.8) is 0 Å². The number of nitrogens with one attached hydrogen (secondary N) is 1. The minimum Gasteiger partial charge on any atom is -0.344 e. The van der Waals surface area contributed by atoms with E-state index < -0.39 is 6.04 Å². The molecule has 2 atom stereocenters. The molecule has 6 heteroatoms. The summed E-state index contributed by atoms with van der Waals surface area (Å²) < 4.78 is 0. The Kier molecular flexibility index (Phi) is 9.12. The summed E-state index contributed by atoms with van der Waals surface area (Å²) in [5.74, 6) is 0.396. The van der Waals surface area contributed by atoms with Crippen LogP contribution in [0.5, 0.6) is 0 Å². The van der Waals surface area contributed by atoms with Gasteiger partial charge in [-0.15, -0.1) is 0 Å². The molecule has 1 aromatic carbocycles. The van der Waals surface area contributed by atoms with E-state index in [1.165, 1.54) is 6.42 Å². The Balaban J connectivity index is 1.51. The van der Waals surface area contributed by atoms with E-state index in [1.54, 1.807) is 0 Å². The van der Waals surface area contributed by atoms with E-state index in [0.29, 0.717) is 39.0 Å². The summed E-state index contributed by atoms with van der Waals surface area (Å²) in [4.78, 5) is 42.5. The number of piperazine rings is 1. The number of rotatable bonds is 8. The normalized spacial score (nSPS) is 19.3. The third-order valence-corrected chi connectivity index (χ3v) is 7.14. The Morgan fingerprint density at radius 2 is 1.59 bits per heavy atom. The predicted octanol–water partition coefficient (Wildman–Crippen LogP) is 3.40. The van der Waals surface area contributed by atoms with Gasteiger partial charge in [0.15, 0.2) is 0 Å². The molecule has 1 saturated heterocycles. The molecular formula is C26H39N3O3. The highest BCUT2D eigenvalue weighted by atomic mass is 16.2. The van der Waals surface area contributed by atoms with Gasteiger partial charge >= 0.3 is 0 Å².